The molecule has 4 N–H and O–H groups in total. The Hall–Kier alpha value is -0.345. The monoisotopic (exact) mass is 295 g/mol. The maximum absolute atomic E-state index is 11.0. The minimum absolute atomic E-state index is 0.0576. The van der Waals surface area contributed by atoms with Crippen molar-refractivity contribution in [3.05, 3.63) is 0 Å². The van der Waals surface area contributed by atoms with Gasteiger partial charge in [0.15, 0.2) is 0 Å². The fourth-order valence-electron chi connectivity index (χ4n) is 1.83. The Morgan fingerprint density at radius 3 is 2.16 bits per heavy atom. The van der Waals surface area contributed by atoms with Gasteiger partial charge in [0, 0.05) is 0 Å². The summed E-state index contributed by atoms with van der Waals surface area (Å²) in [5, 5.41) is 30.8. The molecule has 0 amide bonds. The Morgan fingerprint density at radius 2 is 1.79 bits per heavy atom. The Balaban J connectivity index is 4.47. The summed E-state index contributed by atoms with van der Waals surface area (Å²) in [6.07, 6.45) is 0.0224. The molecule has 1 atom stereocenters. The van der Waals surface area contributed by atoms with Crippen molar-refractivity contribution in [3.8, 4) is 0 Å². The van der Waals surface area contributed by atoms with E-state index in [1.165, 1.54) is 0 Å². The zero-order valence-electron chi connectivity index (χ0n) is 11.2. The van der Waals surface area contributed by atoms with Crippen molar-refractivity contribution in [1.82, 2.24) is 5.32 Å². The van der Waals surface area contributed by atoms with Crippen molar-refractivity contribution >= 4 is 16.1 Å². The normalized spacial score (nSPS) is 14.4. The van der Waals surface area contributed by atoms with Gasteiger partial charge in [0.2, 0.25) is 0 Å². The molecule has 0 fully saturated rings. The Morgan fingerprint density at radius 1 is 1.26 bits per heavy atom. The molecule has 0 heterocycles. The van der Waals surface area contributed by atoms with Gasteiger partial charge in [-0.1, -0.05) is 0 Å². The van der Waals surface area contributed by atoms with Crippen molar-refractivity contribution < 1.29 is 28.4 Å². The second-order valence-electron chi connectivity index (χ2n) is 5.05. The van der Waals surface area contributed by atoms with Gasteiger partial charge in [0.05, 0.1) is 0 Å². The third-order valence-electron chi connectivity index (χ3n) is 2.81. The van der Waals surface area contributed by atoms with Gasteiger partial charge in [-0.3, -0.25) is 0 Å². The fourth-order valence-corrected chi connectivity index (χ4v) is 2.41. The third kappa shape index (κ3) is 6.09. The summed E-state index contributed by atoms with van der Waals surface area (Å²) in [5.41, 5.74) is -2.69. The van der Waals surface area contributed by atoms with Crippen LogP contribution in [0.4, 0.5) is 0 Å². The molecule has 1 unspecified atom stereocenters. The second-order valence-corrected chi connectivity index (χ2v) is 6.96. The molecule has 0 rings (SSSR count). The van der Waals surface area contributed by atoms with E-state index in [0.29, 0.717) is 6.42 Å². The van der Waals surface area contributed by atoms with Gasteiger partial charge in [-0.05, 0) is 0 Å². The molecule has 0 aromatic rings. The van der Waals surface area contributed by atoms with Crippen LogP contribution in [0.2, 0.25) is 0 Å². The van der Waals surface area contributed by atoms with Crippen LogP contribution in [0.5, 0.6) is 0 Å². The molecule has 7 nitrogen and oxygen atoms in total. The van der Waals surface area contributed by atoms with E-state index < -0.39 is 20.7 Å². The first-order valence-corrected chi connectivity index (χ1v) is 7.68. The molecule has 19 heavy (non-hydrogen) atoms. The quantitative estimate of drug-likeness (QED) is 0.359. The summed E-state index contributed by atoms with van der Waals surface area (Å²) in [6, 6.07) is 0. The van der Waals surface area contributed by atoms with Crippen LogP contribution in [0.1, 0.15) is 26.7 Å². The number of nitrogens with one attached hydrogen (secondary N) is 1. The van der Waals surface area contributed by atoms with Gasteiger partial charge in [0.1, 0.15) is 0 Å². The number of aliphatic hydroxyl groups excluding tert-OH is 3. The van der Waals surface area contributed by atoms with E-state index in [9.17, 15) is 28.4 Å². The molecule has 112 valence electrons. The van der Waals surface area contributed by atoms with Crippen molar-refractivity contribution in [2.45, 2.75) is 37.7 Å². The predicted octanol–water partition coefficient (Wildman–Crippen LogP) is -1.57. The zero-order valence-corrected chi connectivity index (χ0v) is 12.1. The molecule has 0 saturated carbocycles. The standard InChI is InChI=1S/C10H22BNO6S/c1-8(2)5-10(6-13,7-14)12-4-3-9(15)19(17,18)11-16/h8-9,12-15H,3-7H2,1-2H3. The Labute approximate surface area is 114 Å². The predicted molar refractivity (Wildman–Crippen MR) is 70.3 cm³/mol. The summed E-state index contributed by atoms with van der Waals surface area (Å²) in [6.45, 7) is 3.29. The van der Waals surface area contributed by atoms with Crippen molar-refractivity contribution in [2.75, 3.05) is 19.8 Å². The number of hydrogen-bond acceptors (Lipinski definition) is 7. The first-order valence-electron chi connectivity index (χ1n) is 6.07. The molecule has 0 bridgehead atoms. The zero-order chi connectivity index (χ0) is 15.1. The molecular formula is C10H22BNO6S. The van der Waals surface area contributed by atoms with Gasteiger partial charge in [-0.25, -0.2) is 0 Å². The van der Waals surface area contributed by atoms with Crippen molar-refractivity contribution in [2.24, 2.45) is 5.92 Å². The average Bonchev–Trinajstić information content (AvgIpc) is 2.36. The van der Waals surface area contributed by atoms with Crippen molar-refractivity contribution in [3.63, 3.8) is 0 Å². The van der Waals surface area contributed by atoms with Gasteiger partial charge in [-0.15, -0.1) is 0 Å². The summed E-state index contributed by atoms with van der Waals surface area (Å²) < 4.78 is 32.3. The molecule has 0 radical (unpaired) electrons. The first-order chi connectivity index (χ1) is 8.73. The molecule has 0 spiro atoms. The van der Waals surface area contributed by atoms with E-state index in [4.69, 9.17) is 0 Å². The van der Waals surface area contributed by atoms with E-state index >= 15 is 0 Å². The van der Waals surface area contributed by atoms with E-state index in [1.54, 1.807) is 0 Å². The molecule has 0 aliphatic carbocycles. The number of hydrogen-bond donors (Lipinski definition) is 4. The summed E-state index contributed by atoms with van der Waals surface area (Å²) in [5.74, 6) is 0.218. The second kappa shape index (κ2) is 8.06. The summed E-state index contributed by atoms with van der Waals surface area (Å²) in [7, 11) is -4.14. The van der Waals surface area contributed by atoms with Crippen LogP contribution in [-0.2, 0) is 14.4 Å². The number of aliphatic hydroxyl groups is 3. The molecule has 0 aliphatic heterocycles. The van der Waals surface area contributed by atoms with Crippen LogP contribution >= 0.6 is 0 Å². The van der Waals surface area contributed by atoms with Crippen LogP contribution in [-0.4, -0.2) is 60.9 Å². The molecular weight excluding hydrogens is 273 g/mol. The van der Waals surface area contributed by atoms with Crippen LogP contribution in [0.25, 0.3) is 0 Å². The van der Waals surface area contributed by atoms with Crippen LogP contribution < -0.4 is 5.32 Å². The average molecular weight is 295 g/mol. The Bertz CT molecular complexity index is 368. The SMILES string of the molecule is CC(C)CC(CO)(CO)NCCC(O)S(=O)(=O)B=O. The minimum atomic E-state index is -4.14. The maximum atomic E-state index is 11.0. The van der Waals surface area contributed by atoms with Crippen LogP contribution in [0.15, 0.2) is 0 Å². The van der Waals surface area contributed by atoms with Crippen LogP contribution in [0, 0.1) is 5.92 Å². The first kappa shape index (κ1) is 18.7. The molecule has 9 heteroatoms. The van der Waals surface area contributed by atoms with E-state index in [-0.39, 0.29) is 38.5 Å². The van der Waals surface area contributed by atoms with Gasteiger partial charge < -0.3 is 0 Å². The molecule has 0 aliphatic rings. The molecule has 0 saturated heterocycles. The van der Waals surface area contributed by atoms with E-state index in [1.807, 2.05) is 13.8 Å². The number of rotatable bonds is 10. The van der Waals surface area contributed by atoms with Crippen LogP contribution in [0.3, 0.4) is 0 Å². The van der Waals surface area contributed by atoms with Crippen molar-refractivity contribution in [1.29, 1.82) is 0 Å². The Kier molecular flexibility index (Phi) is 7.91. The van der Waals surface area contributed by atoms with Gasteiger partial charge >= 0.3 is 113 Å². The molecule has 0 aromatic heterocycles. The van der Waals surface area contributed by atoms with Gasteiger partial charge in [0.25, 0.3) is 0 Å². The summed E-state index contributed by atoms with van der Waals surface area (Å²) in [4.78, 5) is 0. The van der Waals surface area contributed by atoms with Gasteiger partial charge in [-0.2, -0.15) is 0 Å². The third-order valence-corrected chi connectivity index (χ3v) is 4.07. The topological polar surface area (TPSA) is 124 Å². The molecule has 0 aromatic carbocycles. The van der Waals surface area contributed by atoms with E-state index in [2.05, 4.69) is 5.32 Å². The van der Waals surface area contributed by atoms with E-state index in [0.717, 1.165) is 0 Å². The fraction of sp³-hybridized carbons (Fsp3) is 1.00. The summed E-state index contributed by atoms with van der Waals surface area (Å²) >= 11 is 0.